The van der Waals surface area contributed by atoms with E-state index in [1.165, 1.54) is 0 Å². The molecular weight excluding hydrogens is 693 g/mol. The van der Waals surface area contributed by atoms with E-state index in [0.717, 1.165) is 72.3 Å². The second-order valence-electron chi connectivity index (χ2n) is 14.3. The van der Waals surface area contributed by atoms with Gasteiger partial charge in [0.2, 0.25) is 0 Å². The highest BCUT2D eigenvalue weighted by Crippen LogP contribution is 2.57. The van der Waals surface area contributed by atoms with E-state index in [0.29, 0.717) is 23.0 Å². The maximum Gasteiger partial charge on any atom is 0.164 e. The largest absolute Gasteiger partial charge is 0.208 e. The van der Waals surface area contributed by atoms with Gasteiger partial charge in [-0.05, 0) is 68.3 Å². The third-order valence-electron chi connectivity index (χ3n) is 11.1. The van der Waals surface area contributed by atoms with Crippen molar-refractivity contribution in [1.82, 2.24) is 15.0 Å². The second-order valence-corrected chi connectivity index (χ2v) is 14.3. The summed E-state index contributed by atoms with van der Waals surface area (Å²) in [5.41, 5.74) is 13.9. The fraction of sp³-hybridized carbons (Fsp3) is 0.0189. The van der Waals surface area contributed by atoms with Crippen molar-refractivity contribution in [2.45, 2.75) is 5.41 Å². The van der Waals surface area contributed by atoms with Crippen LogP contribution < -0.4 is 0 Å². The van der Waals surface area contributed by atoms with Gasteiger partial charge >= 0.3 is 0 Å². The lowest BCUT2D eigenvalue weighted by atomic mass is 9.67. The Morgan fingerprint density at radius 1 is 0.351 bits per heavy atom. The summed E-state index contributed by atoms with van der Waals surface area (Å²) in [4.78, 5) is 15.1. The van der Waals surface area contributed by atoms with Crippen LogP contribution in [0.25, 0.3) is 67.5 Å². The van der Waals surface area contributed by atoms with Crippen LogP contribution in [0.3, 0.4) is 0 Å². The Morgan fingerprint density at radius 3 is 1.40 bits per heavy atom. The molecule has 8 aromatic carbocycles. The molecule has 0 bridgehead atoms. The van der Waals surface area contributed by atoms with Crippen LogP contribution in [0.15, 0.2) is 206 Å². The van der Waals surface area contributed by atoms with Crippen molar-refractivity contribution in [2.24, 2.45) is 0 Å². The quantitative estimate of drug-likeness (QED) is 0.164. The van der Waals surface area contributed by atoms with E-state index in [1.807, 2.05) is 48.5 Å². The Morgan fingerprint density at radius 2 is 0.789 bits per heavy atom. The second kappa shape index (κ2) is 14.2. The zero-order valence-corrected chi connectivity index (χ0v) is 30.9. The third kappa shape index (κ3) is 5.82. The first-order valence-corrected chi connectivity index (χ1v) is 19.1. The van der Waals surface area contributed by atoms with Crippen molar-refractivity contribution < 1.29 is 0 Å². The Balaban J connectivity index is 1.09. The van der Waals surface area contributed by atoms with Crippen molar-refractivity contribution in [3.8, 4) is 73.6 Å². The number of hydrogen-bond donors (Lipinski definition) is 0. The molecule has 9 aromatic rings. The first-order valence-electron chi connectivity index (χ1n) is 19.1. The number of hydrogen-bond acceptors (Lipinski definition) is 4. The van der Waals surface area contributed by atoms with Crippen LogP contribution in [-0.2, 0) is 5.41 Å². The van der Waals surface area contributed by atoms with Gasteiger partial charge in [0.05, 0.1) is 17.0 Å². The summed E-state index contributed by atoms with van der Waals surface area (Å²) in [7, 11) is 0. The SMILES string of the molecule is N#Cc1cccc2c1-c1ccc(-c3ccc(-c4nc(-c5ccccc5)nc(-c5cccc(-c6ccccc6)c5)n4)cc3)cc1C2(c1ccccc1)c1ccccc1. The van der Waals surface area contributed by atoms with Crippen LogP contribution in [0.5, 0.6) is 0 Å². The molecule has 0 unspecified atom stereocenters. The lowest BCUT2D eigenvalue weighted by Gasteiger charge is -2.34. The van der Waals surface area contributed by atoms with Crippen molar-refractivity contribution in [2.75, 3.05) is 0 Å². The Hall–Kier alpha value is -7.74. The summed E-state index contributed by atoms with van der Waals surface area (Å²) in [5.74, 6) is 1.85. The van der Waals surface area contributed by atoms with Crippen LogP contribution in [0, 0.1) is 11.3 Å². The van der Waals surface area contributed by atoms with Gasteiger partial charge in [-0.25, -0.2) is 15.0 Å². The van der Waals surface area contributed by atoms with E-state index >= 15 is 0 Å². The molecule has 0 saturated carbocycles. The highest BCUT2D eigenvalue weighted by molar-refractivity contribution is 5.91. The minimum Gasteiger partial charge on any atom is -0.208 e. The molecule has 1 aromatic heterocycles. The first-order chi connectivity index (χ1) is 28.2. The number of benzene rings is 8. The molecule has 0 N–H and O–H groups in total. The van der Waals surface area contributed by atoms with Gasteiger partial charge in [-0.1, -0.05) is 188 Å². The average Bonchev–Trinajstić information content (AvgIpc) is 3.61. The van der Waals surface area contributed by atoms with E-state index in [1.54, 1.807) is 0 Å². The standard InChI is InChI=1S/C53H34N4/c54-35-43-21-14-26-47-49(43)46-32-31-41(34-48(46)53(47,44-22-9-3-10-23-44)45-24-11-4-12-25-45)37-27-29-39(30-28-37)51-55-50(38-17-7-2-8-18-38)56-52(57-51)42-20-13-19-40(33-42)36-15-5-1-6-16-36/h1-34H. The summed E-state index contributed by atoms with van der Waals surface area (Å²) in [5, 5.41) is 10.4. The van der Waals surface area contributed by atoms with Crippen molar-refractivity contribution in [1.29, 1.82) is 5.26 Å². The van der Waals surface area contributed by atoms with Gasteiger partial charge in [0, 0.05) is 22.3 Å². The number of nitriles is 1. The van der Waals surface area contributed by atoms with Gasteiger partial charge < -0.3 is 0 Å². The van der Waals surface area contributed by atoms with Crippen LogP contribution in [-0.4, -0.2) is 15.0 Å². The summed E-state index contributed by atoms with van der Waals surface area (Å²) >= 11 is 0. The van der Waals surface area contributed by atoms with E-state index in [9.17, 15) is 5.26 Å². The lowest BCUT2D eigenvalue weighted by molar-refractivity contribution is 0.768. The molecule has 4 nitrogen and oxygen atoms in total. The number of fused-ring (bicyclic) bond motifs is 3. The fourth-order valence-electron chi connectivity index (χ4n) is 8.44. The number of rotatable bonds is 7. The molecule has 0 aliphatic heterocycles. The predicted molar refractivity (Wildman–Crippen MR) is 229 cm³/mol. The van der Waals surface area contributed by atoms with Gasteiger partial charge in [-0.3, -0.25) is 0 Å². The van der Waals surface area contributed by atoms with Gasteiger partial charge in [0.15, 0.2) is 17.5 Å². The number of nitrogens with zero attached hydrogens (tertiary/aromatic N) is 4. The van der Waals surface area contributed by atoms with Crippen molar-refractivity contribution >= 4 is 0 Å². The van der Waals surface area contributed by atoms with Gasteiger partial charge in [0.1, 0.15) is 0 Å². The van der Waals surface area contributed by atoms with Crippen LogP contribution in [0.1, 0.15) is 27.8 Å². The predicted octanol–water partition coefficient (Wildman–Crippen LogP) is 12.4. The molecule has 1 heterocycles. The Kier molecular flexibility index (Phi) is 8.39. The molecule has 4 heteroatoms. The lowest BCUT2D eigenvalue weighted by Crippen LogP contribution is -2.28. The first kappa shape index (κ1) is 33.8. The third-order valence-corrected chi connectivity index (χ3v) is 11.1. The number of aromatic nitrogens is 3. The van der Waals surface area contributed by atoms with E-state index < -0.39 is 5.41 Å². The van der Waals surface area contributed by atoms with E-state index in [2.05, 4.69) is 164 Å². The summed E-state index contributed by atoms with van der Waals surface area (Å²) in [6.45, 7) is 0. The monoisotopic (exact) mass is 726 g/mol. The molecular formula is C53H34N4. The molecule has 266 valence electrons. The molecule has 1 aliphatic carbocycles. The van der Waals surface area contributed by atoms with Crippen LogP contribution >= 0.6 is 0 Å². The highest BCUT2D eigenvalue weighted by Gasteiger charge is 2.47. The maximum atomic E-state index is 10.4. The molecule has 0 radical (unpaired) electrons. The fourth-order valence-corrected chi connectivity index (χ4v) is 8.44. The summed E-state index contributed by atoms with van der Waals surface area (Å²) < 4.78 is 0. The van der Waals surface area contributed by atoms with Gasteiger partial charge in [-0.15, -0.1) is 0 Å². The van der Waals surface area contributed by atoms with E-state index in [-0.39, 0.29) is 0 Å². The molecule has 0 fully saturated rings. The molecule has 10 rings (SSSR count). The highest BCUT2D eigenvalue weighted by atomic mass is 15.0. The molecule has 0 spiro atoms. The average molecular weight is 727 g/mol. The van der Waals surface area contributed by atoms with Crippen molar-refractivity contribution in [3.63, 3.8) is 0 Å². The molecule has 0 amide bonds. The Bertz CT molecular complexity index is 2900. The van der Waals surface area contributed by atoms with Crippen LogP contribution in [0.4, 0.5) is 0 Å². The minimum absolute atomic E-state index is 0.608. The zero-order chi connectivity index (χ0) is 38.2. The molecule has 57 heavy (non-hydrogen) atoms. The van der Waals surface area contributed by atoms with Crippen LogP contribution in [0.2, 0.25) is 0 Å². The van der Waals surface area contributed by atoms with Crippen molar-refractivity contribution in [3.05, 3.63) is 234 Å². The topological polar surface area (TPSA) is 62.5 Å². The van der Waals surface area contributed by atoms with Gasteiger partial charge in [0.25, 0.3) is 0 Å². The van der Waals surface area contributed by atoms with Gasteiger partial charge in [-0.2, -0.15) is 5.26 Å². The minimum atomic E-state index is -0.608. The van der Waals surface area contributed by atoms with E-state index in [4.69, 9.17) is 15.0 Å². The normalized spacial score (nSPS) is 12.3. The zero-order valence-electron chi connectivity index (χ0n) is 30.9. The molecule has 1 aliphatic rings. The molecule has 0 saturated heterocycles. The summed E-state index contributed by atoms with van der Waals surface area (Å²) in [6, 6.07) is 73.9. The summed E-state index contributed by atoms with van der Waals surface area (Å²) in [6.07, 6.45) is 0. The smallest absolute Gasteiger partial charge is 0.164 e. The Labute approximate surface area is 332 Å². The molecule has 0 atom stereocenters. The maximum absolute atomic E-state index is 10.4.